The van der Waals surface area contributed by atoms with Crippen molar-refractivity contribution < 1.29 is 35.1 Å². The van der Waals surface area contributed by atoms with Gasteiger partial charge in [-0.15, -0.1) is 0 Å². The number of sulfonamides is 1. The van der Waals surface area contributed by atoms with Crippen LogP contribution in [0.5, 0.6) is 11.5 Å². The number of nitrogens with zero attached hydrogens (tertiary/aromatic N) is 3. The highest BCUT2D eigenvalue weighted by Crippen LogP contribution is 2.33. The molecular weight excluding hydrogens is 503 g/mol. The summed E-state index contributed by atoms with van der Waals surface area (Å²) in [6.45, 7) is 0. The van der Waals surface area contributed by atoms with Crippen molar-refractivity contribution in [2.75, 3.05) is 4.72 Å². The molecule has 0 bridgehead atoms. The zero-order valence-electron chi connectivity index (χ0n) is 17.0. The second-order valence-corrected chi connectivity index (χ2v) is 9.49. The molecule has 0 fully saturated rings. The highest BCUT2D eigenvalue weighted by Gasteiger charge is 2.34. The first-order valence-corrected chi connectivity index (χ1v) is 11.6. The summed E-state index contributed by atoms with van der Waals surface area (Å²) < 4.78 is 99.4. The molecule has 1 N–H and O–H groups in total. The highest BCUT2D eigenvalue weighted by atomic mass is 32.2. The first-order chi connectivity index (χ1) is 15.9. The number of rotatable bonds is 6. The van der Waals surface area contributed by atoms with Crippen LogP contribution < -0.4 is 9.46 Å². The summed E-state index contributed by atoms with van der Waals surface area (Å²) in [5, 5.41) is 2.54. The fraction of sp³-hybridized carbons (Fsp3) is 0.100. The normalized spacial score (nSPS) is 12.1. The van der Waals surface area contributed by atoms with E-state index in [-0.39, 0.29) is 22.3 Å². The second-order valence-electron chi connectivity index (χ2n) is 6.83. The van der Waals surface area contributed by atoms with Crippen LogP contribution in [0.4, 0.5) is 27.1 Å². The lowest BCUT2D eigenvalue weighted by atomic mass is 10.1. The molecule has 0 atom stereocenters. The molecule has 0 unspecified atom stereocenters. The van der Waals surface area contributed by atoms with Crippen molar-refractivity contribution in [1.82, 2.24) is 14.8 Å². The van der Waals surface area contributed by atoms with Crippen LogP contribution in [0.3, 0.4) is 0 Å². The molecule has 0 saturated heterocycles. The van der Waals surface area contributed by atoms with Gasteiger partial charge in [-0.25, -0.2) is 17.8 Å². The molecule has 178 valence electrons. The second kappa shape index (κ2) is 8.68. The summed E-state index contributed by atoms with van der Waals surface area (Å²) in [6.07, 6.45) is -3.74. The lowest BCUT2D eigenvalue weighted by Gasteiger charge is -2.10. The topological polar surface area (TPSA) is 86.1 Å². The Kier molecular flexibility index (Phi) is 6.03. The number of alkyl halides is 3. The average molecular weight is 516 g/mol. The number of nitrogens with one attached hydrogen (secondary N) is 1. The van der Waals surface area contributed by atoms with E-state index >= 15 is 0 Å². The monoisotopic (exact) mass is 516 g/mol. The quantitative estimate of drug-likeness (QED) is 0.345. The molecule has 0 amide bonds. The standard InChI is InChI=1S/C20H13F5N4O3S2/c1-29-15(9-17(27-29)20(23,24)25)11-2-4-12(5-3-11)32-16-7-6-13(8-14(16)21)34(30,31)28-19-26-10-18(22)33-19/h2-10H,1H3,(H,26,28). The van der Waals surface area contributed by atoms with Gasteiger partial charge in [-0.2, -0.15) is 22.7 Å². The Morgan fingerprint density at radius 3 is 2.32 bits per heavy atom. The highest BCUT2D eigenvalue weighted by molar-refractivity contribution is 7.93. The van der Waals surface area contributed by atoms with Gasteiger partial charge < -0.3 is 4.74 Å². The third-order valence-electron chi connectivity index (χ3n) is 4.46. The van der Waals surface area contributed by atoms with E-state index in [0.717, 1.165) is 35.1 Å². The number of aryl methyl sites for hydroxylation is 1. The molecule has 7 nitrogen and oxygen atoms in total. The maximum Gasteiger partial charge on any atom is 0.435 e. The van der Waals surface area contributed by atoms with Crippen LogP contribution in [0.2, 0.25) is 0 Å². The number of ether oxygens (including phenoxy) is 1. The lowest BCUT2D eigenvalue weighted by Crippen LogP contribution is -2.13. The van der Waals surface area contributed by atoms with Crippen molar-refractivity contribution in [1.29, 1.82) is 0 Å². The molecule has 34 heavy (non-hydrogen) atoms. The summed E-state index contributed by atoms with van der Waals surface area (Å²) in [6, 6.07) is 9.59. The Hall–Kier alpha value is -3.52. The van der Waals surface area contributed by atoms with E-state index in [1.807, 2.05) is 4.72 Å². The van der Waals surface area contributed by atoms with Gasteiger partial charge in [-0.1, -0.05) is 11.3 Å². The van der Waals surface area contributed by atoms with Gasteiger partial charge in [0.25, 0.3) is 10.0 Å². The molecule has 2 aromatic carbocycles. The van der Waals surface area contributed by atoms with Gasteiger partial charge in [0, 0.05) is 12.6 Å². The number of hydrogen-bond donors (Lipinski definition) is 1. The van der Waals surface area contributed by atoms with Gasteiger partial charge >= 0.3 is 6.18 Å². The van der Waals surface area contributed by atoms with Crippen molar-refractivity contribution in [3.05, 3.63) is 71.4 Å². The molecule has 0 aliphatic carbocycles. The third-order valence-corrected chi connectivity index (χ3v) is 6.63. The van der Waals surface area contributed by atoms with Crippen LogP contribution in [0.1, 0.15) is 5.69 Å². The Morgan fingerprint density at radius 1 is 1.06 bits per heavy atom. The molecule has 2 aromatic heterocycles. The maximum absolute atomic E-state index is 14.5. The van der Waals surface area contributed by atoms with Crippen LogP contribution >= 0.6 is 11.3 Å². The summed E-state index contributed by atoms with van der Waals surface area (Å²) in [4.78, 5) is 3.11. The maximum atomic E-state index is 14.5. The van der Waals surface area contributed by atoms with E-state index in [9.17, 15) is 30.4 Å². The van der Waals surface area contributed by atoms with E-state index in [2.05, 4.69) is 10.1 Å². The number of aromatic nitrogens is 3. The summed E-state index contributed by atoms with van der Waals surface area (Å²) in [5.41, 5.74) is -0.395. The Bertz CT molecular complexity index is 1450. The SMILES string of the molecule is Cn1nc(C(F)(F)F)cc1-c1ccc(Oc2ccc(S(=O)(=O)Nc3ncc(F)s3)cc2F)cc1. The Morgan fingerprint density at radius 2 is 1.76 bits per heavy atom. The molecule has 2 heterocycles. The minimum atomic E-state index is -4.58. The van der Waals surface area contributed by atoms with Crippen LogP contribution in [-0.2, 0) is 23.2 Å². The van der Waals surface area contributed by atoms with E-state index in [0.29, 0.717) is 16.9 Å². The zero-order chi connectivity index (χ0) is 24.7. The van der Waals surface area contributed by atoms with Gasteiger partial charge in [0.1, 0.15) is 5.75 Å². The van der Waals surface area contributed by atoms with Crippen molar-refractivity contribution >= 4 is 26.5 Å². The molecule has 0 radical (unpaired) electrons. The van der Waals surface area contributed by atoms with Crippen LogP contribution in [0.15, 0.2) is 59.6 Å². The Labute approximate surface area is 193 Å². The zero-order valence-corrected chi connectivity index (χ0v) is 18.6. The fourth-order valence-corrected chi connectivity index (χ4v) is 4.70. The van der Waals surface area contributed by atoms with Gasteiger partial charge in [-0.05, 0) is 48.5 Å². The minimum absolute atomic E-state index is 0.160. The van der Waals surface area contributed by atoms with Crippen LogP contribution in [-0.4, -0.2) is 23.2 Å². The van der Waals surface area contributed by atoms with Crippen molar-refractivity contribution in [2.45, 2.75) is 11.1 Å². The van der Waals surface area contributed by atoms with E-state index in [1.165, 1.54) is 31.3 Å². The van der Waals surface area contributed by atoms with Crippen molar-refractivity contribution in [3.63, 3.8) is 0 Å². The molecule has 0 spiro atoms. The summed E-state index contributed by atoms with van der Waals surface area (Å²) >= 11 is 0.474. The van der Waals surface area contributed by atoms with E-state index < -0.39 is 37.7 Å². The molecule has 0 aliphatic heterocycles. The largest absolute Gasteiger partial charge is 0.454 e. The average Bonchev–Trinajstić information content (AvgIpc) is 3.34. The molecule has 4 rings (SSSR count). The first kappa shape index (κ1) is 23.6. The fourth-order valence-electron chi connectivity index (χ4n) is 2.90. The minimum Gasteiger partial charge on any atom is -0.454 e. The summed E-state index contributed by atoms with van der Waals surface area (Å²) in [5.74, 6) is -1.11. The summed E-state index contributed by atoms with van der Waals surface area (Å²) in [7, 11) is -2.84. The molecule has 14 heteroatoms. The Balaban J connectivity index is 1.51. The molecule has 4 aromatic rings. The predicted molar refractivity (Wildman–Crippen MR) is 113 cm³/mol. The lowest BCUT2D eigenvalue weighted by molar-refractivity contribution is -0.141. The van der Waals surface area contributed by atoms with Crippen molar-refractivity contribution in [3.8, 4) is 22.8 Å². The van der Waals surface area contributed by atoms with E-state index in [4.69, 9.17) is 4.74 Å². The van der Waals surface area contributed by atoms with Gasteiger partial charge in [0.05, 0.1) is 16.8 Å². The van der Waals surface area contributed by atoms with Crippen LogP contribution in [0.25, 0.3) is 11.3 Å². The number of hydrogen-bond acceptors (Lipinski definition) is 6. The number of benzene rings is 2. The molecule has 0 saturated carbocycles. The smallest absolute Gasteiger partial charge is 0.435 e. The van der Waals surface area contributed by atoms with E-state index in [1.54, 1.807) is 0 Å². The number of anilines is 1. The van der Waals surface area contributed by atoms with Gasteiger partial charge in [0.2, 0.25) is 0 Å². The van der Waals surface area contributed by atoms with Gasteiger partial charge in [-0.3, -0.25) is 9.40 Å². The predicted octanol–water partition coefficient (Wildman–Crippen LogP) is 5.43. The van der Waals surface area contributed by atoms with Crippen LogP contribution in [0, 0.1) is 10.9 Å². The van der Waals surface area contributed by atoms with Crippen molar-refractivity contribution in [2.24, 2.45) is 7.05 Å². The number of thiazole rings is 1. The van der Waals surface area contributed by atoms with Gasteiger partial charge in [0.15, 0.2) is 27.5 Å². The molecular formula is C20H13F5N4O3S2. The third kappa shape index (κ3) is 5.02. The molecule has 0 aliphatic rings. The number of halogens is 5. The first-order valence-electron chi connectivity index (χ1n) is 9.25.